The number of carbonyl (C=O) groups excluding carboxylic acids is 1. The molecule has 3 atom stereocenters. The highest BCUT2D eigenvalue weighted by Crippen LogP contribution is 2.37. The average Bonchev–Trinajstić information content (AvgIpc) is 2.85. The number of alkyl halides is 3. The first-order chi connectivity index (χ1) is 17.6. The second-order valence-corrected chi connectivity index (χ2v) is 10.6. The predicted molar refractivity (Wildman–Crippen MR) is 141 cm³/mol. The zero-order chi connectivity index (χ0) is 26.6. The average molecular weight is 626 g/mol. The molecule has 1 aliphatic rings. The molecule has 0 spiro atoms. The number of hydrogen-bond acceptors (Lipinski definition) is 3. The molecule has 2 aromatic carbocycles. The Morgan fingerprint density at radius 3 is 2.38 bits per heavy atom. The largest absolute Gasteiger partial charge is 0.416 e. The van der Waals surface area contributed by atoms with Crippen molar-refractivity contribution in [1.29, 1.82) is 0 Å². The topological polar surface area (TPSA) is 80.0 Å². The molecule has 5 nitrogen and oxygen atoms in total. The van der Waals surface area contributed by atoms with Gasteiger partial charge in [0.1, 0.15) is 11.4 Å². The number of nitrogens with two attached hydrogens (primary N) is 1. The summed E-state index contributed by atoms with van der Waals surface area (Å²) in [7, 11) is 0. The molecule has 10 heteroatoms. The van der Waals surface area contributed by atoms with Crippen molar-refractivity contribution in [3.63, 3.8) is 0 Å². The van der Waals surface area contributed by atoms with E-state index in [1.54, 1.807) is 42.6 Å². The van der Waals surface area contributed by atoms with Crippen LogP contribution >= 0.6 is 22.6 Å². The molecular weight excluding hydrogens is 599 g/mol. The summed E-state index contributed by atoms with van der Waals surface area (Å²) >= 11 is 2.06. The maximum atomic E-state index is 14.7. The second kappa shape index (κ2) is 11.3. The van der Waals surface area contributed by atoms with Gasteiger partial charge in [0.05, 0.1) is 11.3 Å². The minimum absolute atomic E-state index is 0.0341. The van der Waals surface area contributed by atoms with E-state index in [0.29, 0.717) is 12.5 Å². The fourth-order valence-corrected chi connectivity index (χ4v) is 5.11. The molecule has 0 aliphatic heterocycles. The summed E-state index contributed by atoms with van der Waals surface area (Å²) < 4.78 is 56.7. The monoisotopic (exact) mass is 626 g/mol. The SMILES string of the molecule is N[C@@H]1CCCC[C@H]1NC(=O)N[C@](Cc1ccccc1)(c1cc(F)cc(C(F)(F)F)c1)c1ccc(I)cn1. The number of rotatable bonds is 6. The molecule has 0 saturated heterocycles. The fraction of sp³-hybridized carbons (Fsp3) is 0.333. The van der Waals surface area contributed by atoms with Crippen LogP contribution in [0.3, 0.4) is 0 Å². The number of urea groups is 1. The molecule has 1 saturated carbocycles. The molecule has 1 aromatic heterocycles. The standard InChI is InChI=1S/C27H27F4IN4O/c28-20-13-18(12-19(14-20)27(29,30)31)26(15-17-6-2-1-3-7-17,24-11-10-21(32)16-34-24)36-25(37)35-23-9-5-4-8-22(23)33/h1-3,6-7,10-14,16,22-23H,4-5,8-9,15,33H2,(H2,35,36,37)/t22-,23-,26-/m1/s1. The highest BCUT2D eigenvalue weighted by Gasteiger charge is 2.41. The predicted octanol–water partition coefficient (Wildman–Crippen LogP) is 5.90. The van der Waals surface area contributed by atoms with Gasteiger partial charge in [-0.25, -0.2) is 9.18 Å². The normalized spacial score (nSPS) is 19.6. The molecule has 1 fully saturated rings. The first kappa shape index (κ1) is 27.3. The van der Waals surface area contributed by atoms with E-state index in [1.165, 1.54) is 0 Å². The van der Waals surface area contributed by atoms with Crippen molar-refractivity contribution in [3.8, 4) is 0 Å². The highest BCUT2D eigenvalue weighted by atomic mass is 127. The fourth-order valence-electron chi connectivity index (χ4n) is 4.79. The Morgan fingerprint density at radius 2 is 1.73 bits per heavy atom. The Labute approximate surface area is 226 Å². The molecule has 3 aromatic rings. The third-order valence-corrected chi connectivity index (χ3v) is 7.30. The van der Waals surface area contributed by atoms with E-state index < -0.39 is 29.1 Å². The van der Waals surface area contributed by atoms with Gasteiger partial charge in [-0.2, -0.15) is 13.2 Å². The quantitative estimate of drug-likeness (QED) is 0.236. The van der Waals surface area contributed by atoms with Crippen molar-refractivity contribution >= 4 is 28.6 Å². The van der Waals surface area contributed by atoms with Crippen molar-refractivity contribution in [2.45, 2.75) is 55.9 Å². The van der Waals surface area contributed by atoms with Crippen LogP contribution in [0.4, 0.5) is 22.4 Å². The number of pyridine rings is 1. The molecule has 1 heterocycles. The Balaban J connectivity index is 1.86. The highest BCUT2D eigenvalue weighted by molar-refractivity contribution is 14.1. The van der Waals surface area contributed by atoms with Gasteiger partial charge in [0.25, 0.3) is 0 Å². The Hall–Kier alpha value is -2.73. The lowest BCUT2D eigenvalue weighted by atomic mass is 9.79. The van der Waals surface area contributed by atoms with Gasteiger partial charge in [-0.1, -0.05) is 43.2 Å². The second-order valence-electron chi connectivity index (χ2n) is 9.31. The first-order valence-electron chi connectivity index (χ1n) is 12.0. The van der Waals surface area contributed by atoms with E-state index >= 15 is 0 Å². The molecule has 4 N–H and O–H groups in total. The van der Waals surface area contributed by atoms with E-state index in [4.69, 9.17) is 5.73 Å². The maximum absolute atomic E-state index is 14.7. The van der Waals surface area contributed by atoms with Gasteiger partial charge in [-0.15, -0.1) is 0 Å². The molecule has 196 valence electrons. The number of halogens is 5. The van der Waals surface area contributed by atoms with Crippen LogP contribution in [0.25, 0.3) is 0 Å². The van der Waals surface area contributed by atoms with Gasteiger partial charge in [0, 0.05) is 28.3 Å². The molecular formula is C27H27F4IN4O. The van der Waals surface area contributed by atoms with Crippen molar-refractivity contribution in [3.05, 3.63) is 98.6 Å². The van der Waals surface area contributed by atoms with Crippen molar-refractivity contribution < 1.29 is 22.4 Å². The number of amides is 2. The zero-order valence-electron chi connectivity index (χ0n) is 19.9. The smallest absolute Gasteiger partial charge is 0.334 e. The molecule has 0 radical (unpaired) electrons. The summed E-state index contributed by atoms with van der Waals surface area (Å²) in [6.07, 6.45) is 0.132. The van der Waals surface area contributed by atoms with Crippen LogP contribution in [0.15, 0.2) is 66.9 Å². The van der Waals surface area contributed by atoms with Gasteiger partial charge < -0.3 is 16.4 Å². The molecule has 0 unspecified atom stereocenters. The summed E-state index contributed by atoms with van der Waals surface area (Å²) in [5.74, 6) is -1.07. The zero-order valence-corrected chi connectivity index (χ0v) is 22.0. The lowest BCUT2D eigenvalue weighted by Crippen LogP contribution is -2.57. The molecule has 4 rings (SSSR count). The van der Waals surface area contributed by atoms with Crippen molar-refractivity contribution in [2.75, 3.05) is 0 Å². The number of hydrogen-bond donors (Lipinski definition) is 3. The van der Waals surface area contributed by atoms with Crippen LogP contribution in [-0.4, -0.2) is 23.1 Å². The van der Waals surface area contributed by atoms with Crippen LogP contribution in [0.5, 0.6) is 0 Å². The Bertz CT molecular complexity index is 1220. The Kier molecular flexibility index (Phi) is 8.37. The number of aromatic nitrogens is 1. The van der Waals surface area contributed by atoms with E-state index in [-0.39, 0.29) is 29.8 Å². The summed E-state index contributed by atoms with van der Waals surface area (Å²) in [6, 6.07) is 13.5. The first-order valence-corrected chi connectivity index (χ1v) is 13.0. The number of nitrogens with zero attached hydrogens (tertiary/aromatic N) is 1. The van der Waals surface area contributed by atoms with Crippen LogP contribution in [0.2, 0.25) is 0 Å². The lowest BCUT2D eigenvalue weighted by molar-refractivity contribution is -0.137. The summed E-state index contributed by atoms with van der Waals surface area (Å²) in [4.78, 5) is 17.9. The number of carbonyl (C=O) groups is 1. The maximum Gasteiger partial charge on any atom is 0.416 e. The third kappa shape index (κ3) is 6.59. The summed E-state index contributed by atoms with van der Waals surface area (Å²) in [5, 5.41) is 5.80. The van der Waals surface area contributed by atoms with Crippen molar-refractivity contribution in [2.24, 2.45) is 5.73 Å². The van der Waals surface area contributed by atoms with E-state index in [9.17, 15) is 22.4 Å². The minimum Gasteiger partial charge on any atom is -0.334 e. The van der Waals surface area contributed by atoms with Gasteiger partial charge in [-0.3, -0.25) is 4.98 Å². The molecule has 0 bridgehead atoms. The lowest BCUT2D eigenvalue weighted by Gasteiger charge is -2.37. The molecule has 37 heavy (non-hydrogen) atoms. The van der Waals surface area contributed by atoms with Gasteiger partial charge in [-0.05, 0) is 76.9 Å². The number of nitrogens with one attached hydrogen (secondary N) is 2. The van der Waals surface area contributed by atoms with E-state index in [1.807, 2.05) is 6.07 Å². The van der Waals surface area contributed by atoms with E-state index in [2.05, 4.69) is 38.2 Å². The van der Waals surface area contributed by atoms with Crippen LogP contribution in [-0.2, 0) is 18.1 Å². The van der Waals surface area contributed by atoms with Crippen molar-refractivity contribution in [1.82, 2.24) is 15.6 Å². The molecule has 2 amide bonds. The third-order valence-electron chi connectivity index (χ3n) is 6.66. The van der Waals surface area contributed by atoms with Gasteiger partial charge in [0.15, 0.2) is 0 Å². The summed E-state index contributed by atoms with van der Waals surface area (Å²) in [6.45, 7) is 0. The van der Waals surface area contributed by atoms with Gasteiger partial charge in [0.2, 0.25) is 0 Å². The minimum atomic E-state index is -4.79. The van der Waals surface area contributed by atoms with Gasteiger partial charge >= 0.3 is 12.2 Å². The van der Waals surface area contributed by atoms with Crippen LogP contribution < -0.4 is 16.4 Å². The molecule has 1 aliphatic carbocycles. The Morgan fingerprint density at radius 1 is 1.03 bits per heavy atom. The van der Waals surface area contributed by atoms with E-state index in [0.717, 1.165) is 40.5 Å². The number of benzene rings is 2. The van der Waals surface area contributed by atoms with Crippen LogP contribution in [0, 0.1) is 9.39 Å². The summed E-state index contributed by atoms with van der Waals surface area (Å²) in [5.41, 5.74) is 4.37. The van der Waals surface area contributed by atoms with Crippen LogP contribution in [0.1, 0.15) is 48.1 Å².